The average molecular weight is 311 g/mol. The Labute approximate surface area is 134 Å². The minimum Gasteiger partial charge on any atom is -0.490 e. The third-order valence-electron chi connectivity index (χ3n) is 3.37. The number of carbonyl (C=O) groups is 1. The van der Waals surface area contributed by atoms with Crippen LogP contribution >= 0.6 is 0 Å². The minimum atomic E-state index is -0.141. The van der Waals surface area contributed by atoms with Crippen LogP contribution in [0.1, 0.15) is 15.9 Å². The molecule has 1 N–H and O–H groups in total. The van der Waals surface area contributed by atoms with Crippen LogP contribution in [0.4, 0.5) is 0 Å². The molecule has 1 aliphatic rings. The average Bonchev–Trinajstić information content (AvgIpc) is 3.06. The number of hydrogen-bond donors (Lipinski definition) is 1. The Morgan fingerprint density at radius 2 is 1.96 bits per heavy atom. The second-order valence-electron chi connectivity index (χ2n) is 4.99. The van der Waals surface area contributed by atoms with E-state index >= 15 is 0 Å². The van der Waals surface area contributed by atoms with Crippen LogP contribution < -0.4 is 19.5 Å². The van der Waals surface area contributed by atoms with Gasteiger partial charge in [0.25, 0.3) is 5.91 Å². The van der Waals surface area contributed by atoms with Gasteiger partial charge in [-0.15, -0.1) is 0 Å². The highest BCUT2D eigenvalue weighted by Crippen LogP contribution is 2.32. The highest BCUT2D eigenvalue weighted by molar-refractivity contribution is 5.94. The zero-order chi connectivity index (χ0) is 16.1. The predicted octanol–water partition coefficient (Wildman–Crippen LogP) is 2.91. The van der Waals surface area contributed by atoms with Gasteiger partial charge in [0, 0.05) is 12.1 Å². The molecule has 0 bridgehead atoms. The van der Waals surface area contributed by atoms with Gasteiger partial charge in [-0.3, -0.25) is 4.79 Å². The van der Waals surface area contributed by atoms with Gasteiger partial charge in [0.15, 0.2) is 11.5 Å². The van der Waals surface area contributed by atoms with Crippen molar-refractivity contribution in [2.24, 2.45) is 0 Å². The second kappa shape index (κ2) is 6.87. The fourth-order valence-corrected chi connectivity index (χ4v) is 2.19. The third-order valence-corrected chi connectivity index (χ3v) is 3.37. The molecule has 118 valence electrons. The third kappa shape index (κ3) is 3.63. The number of fused-ring (bicyclic) bond motifs is 1. The Morgan fingerprint density at radius 1 is 1.17 bits per heavy atom. The van der Waals surface area contributed by atoms with E-state index in [1.165, 1.54) is 0 Å². The molecule has 0 unspecified atom stereocenters. The number of carbonyl (C=O) groups excluding carboxylic acids is 1. The number of hydrogen-bond acceptors (Lipinski definition) is 4. The largest absolute Gasteiger partial charge is 0.490 e. The van der Waals surface area contributed by atoms with Crippen molar-refractivity contribution in [2.75, 3.05) is 13.4 Å². The SMILES string of the molecule is C=CCOc1ccc(C(=O)NCc2ccc3c(c2)OCO3)cc1. The van der Waals surface area contributed by atoms with Crippen molar-refractivity contribution in [1.29, 1.82) is 0 Å². The smallest absolute Gasteiger partial charge is 0.251 e. The lowest BCUT2D eigenvalue weighted by molar-refractivity contribution is 0.0951. The van der Waals surface area contributed by atoms with E-state index in [-0.39, 0.29) is 12.7 Å². The summed E-state index contributed by atoms with van der Waals surface area (Å²) in [7, 11) is 0. The molecule has 5 nitrogen and oxygen atoms in total. The van der Waals surface area contributed by atoms with Gasteiger partial charge in [0.05, 0.1) is 0 Å². The summed E-state index contributed by atoms with van der Waals surface area (Å²) < 4.78 is 16.0. The lowest BCUT2D eigenvalue weighted by Crippen LogP contribution is -2.22. The van der Waals surface area contributed by atoms with Gasteiger partial charge >= 0.3 is 0 Å². The lowest BCUT2D eigenvalue weighted by Gasteiger charge is -2.07. The number of amides is 1. The monoisotopic (exact) mass is 311 g/mol. The molecule has 0 radical (unpaired) electrons. The first-order valence-electron chi connectivity index (χ1n) is 7.27. The van der Waals surface area contributed by atoms with Crippen LogP contribution in [-0.2, 0) is 6.54 Å². The van der Waals surface area contributed by atoms with Crippen LogP contribution in [0.2, 0.25) is 0 Å². The summed E-state index contributed by atoms with van der Waals surface area (Å²) >= 11 is 0. The molecule has 5 heteroatoms. The summed E-state index contributed by atoms with van der Waals surface area (Å²) in [6.45, 7) is 4.69. The topological polar surface area (TPSA) is 56.8 Å². The van der Waals surface area contributed by atoms with E-state index in [1.807, 2.05) is 18.2 Å². The molecule has 3 rings (SSSR count). The summed E-state index contributed by atoms with van der Waals surface area (Å²) in [5.41, 5.74) is 1.53. The summed E-state index contributed by atoms with van der Waals surface area (Å²) in [5.74, 6) is 2.01. The van der Waals surface area contributed by atoms with Crippen LogP contribution in [0.3, 0.4) is 0 Å². The van der Waals surface area contributed by atoms with E-state index in [4.69, 9.17) is 14.2 Å². The molecule has 2 aromatic carbocycles. The van der Waals surface area contributed by atoms with Gasteiger partial charge in [-0.1, -0.05) is 18.7 Å². The standard InChI is InChI=1S/C18H17NO4/c1-2-9-21-15-6-4-14(5-7-15)18(20)19-11-13-3-8-16-17(10-13)23-12-22-16/h2-8,10H,1,9,11-12H2,(H,19,20). The molecule has 1 aliphatic heterocycles. The van der Waals surface area contributed by atoms with Crippen molar-refractivity contribution in [1.82, 2.24) is 5.32 Å². The Hall–Kier alpha value is -2.95. The molecule has 0 saturated heterocycles. The predicted molar refractivity (Wildman–Crippen MR) is 85.9 cm³/mol. The molecule has 0 aliphatic carbocycles. The molecule has 2 aromatic rings. The molecule has 23 heavy (non-hydrogen) atoms. The van der Waals surface area contributed by atoms with Gasteiger partial charge in [0.2, 0.25) is 6.79 Å². The summed E-state index contributed by atoms with van der Waals surface area (Å²) in [6, 6.07) is 12.6. The number of nitrogens with one attached hydrogen (secondary N) is 1. The van der Waals surface area contributed by atoms with Crippen LogP contribution in [0, 0.1) is 0 Å². The maximum Gasteiger partial charge on any atom is 0.251 e. The minimum absolute atomic E-state index is 0.141. The molecular weight excluding hydrogens is 294 g/mol. The van der Waals surface area contributed by atoms with Crippen molar-refractivity contribution in [2.45, 2.75) is 6.54 Å². The van der Waals surface area contributed by atoms with E-state index in [0.29, 0.717) is 30.2 Å². The quantitative estimate of drug-likeness (QED) is 0.833. The summed E-state index contributed by atoms with van der Waals surface area (Å²) in [6.07, 6.45) is 1.67. The van der Waals surface area contributed by atoms with Crippen molar-refractivity contribution in [3.63, 3.8) is 0 Å². The van der Waals surface area contributed by atoms with Gasteiger partial charge in [0.1, 0.15) is 12.4 Å². The molecule has 0 saturated carbocycles. The molecule has 0 aromatic heterocycles. The van der Waals surface area contributed by atoms with Gasteiger partial charge in [-0.05, 0) is 42.0 Å². The van der Waals surface area contributed by atoms with E-state index < -0.39 is 0 Å². The van der Waals surface area contributed by atoms with Gasteiger partial charge in [-0.2, -0.15) is 0 Å². The molecule has 0 atom stereocenters. The lowest BCUT2D eigenvalue weighted by atomic mass is 10.1. The zero-order valence-corrected chi connectivity index (χ0v) is 12.6. The van der Waals surface area contributed by atoms with Crippen LogP contribution in [0.25, 0.3) is 0 Å². The van der Waals surface area contributed by atoms with E-state index in [1.54, 1.807) is 30.3 Å². The van der Waals surface area contributed by atoms with E-state index in [9.17, 15) is 4.79 Å². The molecular formula is C18H17NO4. The fraction of sp³-hybridized carbons (Fsp3) is 0.167. The maximum atomic E-state index is 12.2. The second-order valence-corrected chi connectivity index (χ2v) is 4.99. The first kappa shape index (κ1) is 15.0. The molecule has 0 fully saturated rings. The number of benzene rings is 2. The van der Waals surface area contributed by atoms with E-state index in [2.05, 4.69) is 11.9 Å². The summed E-state index contributed by atoms with van der Waals surface area (Å²) in [5, 5.41) is 2.88. The Morgan fingerprint density at radius 3 is 2.74 bits per heavy atom. The first-order valence-corrected chi connectivity index (χ1v) is 7.27. The Bertz CT molecular complexity index is 709. The number of rotatable bonds is 6. The van der Waals surface area contributed by atoms with Gasteiger partial charge in [-0.25, -0.2) is 0 Å². The summed E-state index contributed by atoms with van der Waals surface area (Å²) in [4.78, 5) is 12.2. The van der Waals surface area contributed by atoms with Gasteiger partial charge < -0.3 is 19.5 Å². The molecule has 1 heterocycles. The van der Waals surface area contributed by atoms with Crippen molar-refractivity contribution >= 4 is 5.91 Å². The van der Waals surface area contributed by atoms with Crippen molar-refractivity contribution in [3.05, 3.63) is 66.2 Å². The highest BCUT2D eigenvalue weighted by atomic mass is 16.7. The first-order chi connectivity index (χ1) is 11.3. The zero-order valence-electron chi connectivity index (χ0n) is 12.6. The van der Waals surface area contributed by atoms with Crippen molar-refractivity contribution in [3.8, 4) is 17.2 Å². The van der Waals surface area contributed by atoms with E-state index in [0.717, 1.165) is 11.3 Å². The molecule has 1 amide bonds. The Kier molecular flexibility index (Phi) is 4.47. The number of ether oxygens (including phenoxy) is 3. The normalized spacial score (nSPS) is 11.8. The van der Waals surface area contributed by atoms with Crippen molar-refractivity contribution < 1.29 is 19.0 Å². The maximum absolute atomic E-state index is 12.2. The van der Waals surface area contributed by atoms with Crippen LogP contribution in [-0.4, -0.2) is 19.3 Å². The Balaban J connectivity index is 1.57. The molecule has 0 spiro atoms. The van der Waals surface area contributed by atoms with Crippen LogP contribution in [0.15, 0.2) is 55.1 Å². The van der Waals surface area contributed by atoms with Crippen LogP contribution in [0.5, 0.6) is 17.2 Å². The fourth-order valence-electron chi connectivity index (χ4n) is 2.19. The highest BCUT2D eigenvalue weighted by Gasteiger charge is 2.13.